The van der Waals surface area contributed by atoms with Gasteiger partial charge < -0.3 is 10.1 Å². The monoisotopic (exact) mass is 357 g/mol. The number of amides is 3. The number of carbonyl (C=O) groups is 2. The molecule has 1 atom stereocenters. The molecule has 130 valence electrons. The molecule has 10 nitrogen and oxygen atoms in total. The Bertz CT molecular complexity index is 763. The van der Waals surface area contributed by atoms with Crippen LogP contribution in [0.5, 0.6) is 5.75 Å². The summed E-state index contributed by atoms with van der Waals surface area (Å²) in [5.41, 5.74) is -0.300. The number of hydrogen-bond donors (Lipinski definition) is 2. The van der Waals surface area contributed by atoms with E-state index in [1.807, 2.05) is 5.32 Å². The minimum Gasteiger partial charge on any atom is -0.477 e. The largest absolute Gasteiger partial charge is 0.477 e. The van der Waals surface area contributed by atoms with E-state index in [9.17, 15) is 28.1 Å². The fraction of sp³-hybridized carbons (Fsp3) is 0.385. The molecule has 1 heterocycles. The second-order valence-electron chi connectivity index (χ2n) is 5.14. The number of nitro benzene ring substituents is 1. The summed E-state index contributed by atoms with van der Waals surface area (Å²) in [4.78, 5) is 33.4. The van der Waals surface area contributed by atoms with Crippen molar-refractivity contribution < 1.29 is 27.7 Å². The van der Waals surface area contributed by atoms with Crippen molar-refractivity contribution in [3.05, 3.63) is 34.4 Å². The average Bonchev–Trinajstić information content (AvgIpc) is 2.84. The van der Waals surface area contributed by atoms with Crippen LogP contribution in [0.3, 0.4) is 0 Å². The molecular formula is C13H15N3O7S. The van der Waals surface area contributed by atoms with Crippen LogP contribution < -0.4 is 15.4 Å². The Morgan fingerprint density at radius 2 is 2.04 bits per heavy atom. The molecule has 1 unspecified atom stereocenters. The van der Waals surface area contributed by atoms with Crippen molar-refractivity contribution in [1.82, 2.24) is 10.6 Å². The summed E-state index contributed by atoms with van der Waals surface area (Å²) < 4.78 is 27.6. The number of imide groups is 1. The maximum absolute atomic E-state index is 11.6. The van der Waals surface area contributed by atoms with E-state index in [-0.39, 0.29) is 29.4 Å². The number of para-hydroxylation sites is 2. The highest BCUT2D eigenvalue weighted by molar-refractivity contribution is 7.91. The smallest absolute Gasteiger partial charge is 0.321 e. The van der Waals surface area contributed by atoms with Gasteiger partial charge in [-0.05, 0) is 12.5 Å². The van der Waals surface area contributed by atoms with Crippen molar-refractivity contribution in [2.24, 2.45) is 0 Å². The fourth-order valence-corrected chi connectivity index (χ4v) is 3.84. The van der Waals surface area contributed by atoms with Crippen molar-refractivity contribution in [2.45, 2.75) is 12.5 Å². The second kappa shape index (κ2) is 7.25. The van der Waals surface area contributed by atoms with Gasteiger partial charge in [-0.25, -0.2) is 13.2 Å². The Morgan fingerprint density at radius 3 is 2.67 bits per heavy atom. The number of urea groups is 1. The number of hydrogen-bond acceptors (Lipinski definition) is 7. The average molecular weight is 357 g/mol. The molecule has 2 rings (SSSR count). The Hall–Kier alpha value is -2.69. The summed E-state index contributed by atoms with van der Waals surface area (Å²) in [7, 11) is -3.14. The highest BCUT2D eigenvalue weighted by atomic mass is 32.2. The van der Waals surface area contributed by atoms with Crippen molar-refractivity contribution in [3.8, 4) is 5.75 Å². The third kappa shape index (κ3) is 4.91. The fourth-order valence-electron chi connectivity index (χ4n) is 2.17. The minimum absolute atomic E-state index is 0.00726. The van der Waals surface area contributed by atoms with Crippen molar-refractivity contribution >= 4 is 27.5 Å². The zero-order valence-corrected chi connectivity index (χ0v) is 13.2. The molecule has 1 aliphatic rings. The number of nitrogens with one attached hydrogen (secondary N) is 2. The molecular weight excluding hydrogens is 342 g/mol. The first-order valence-electron chi connectivity index (χ1n) is 6.94. The van der Waals surface area contributed by atoms with E-state index in [1.165, 1.54) is 24.3 Å². The van der Waals surface area contributed by atoms with Gasteiger partial charge >= 0.3 is 11.7 Å². The lowest BCUT2D eigenvalue weighted by atomic mass is 10.3. The van der Waals surface area contributed by atoms with Gasteiger partial charge in [-0.1, -0.05) is 12.1 Å². The topological polar surface area (TPSA) is 145 Å². The number of rotatable bonds is 5. The first kappa shape index (κ1) is 17.7. The summed E-state index contributed by atoms with van der Waals surface area (Å²) in [5.74, 6) is -1.08. The molecule has 0 spiro atoms. The highest BCUT2D eigenvalue weighted by Crippen LogP contribution is 2.25. The standard InChI is InChI=1S/C13H15N3O7S/c17-12(7-23-11-4-2-1-3-10(11)16(19)20)15-13(18)14-9-5-6-24(21,22)8-9/h1-4,9H,5-8H2,(H2,14,15,17,18). The van der Waals surface area contributed by atoms with Gasteiger partial charge in [0.05, 0.1) is 16.4 Å². The minimum atomic E-state index is -3.14. The Balaban J connectivity index is 1.81. The van der Waals surface area contributed by atoms with Gasteiger partial charge in [0.1, 0.15) is 0 Å². The van der Waals surface area contributed by atoms with Gasteiger partial charge in [0.2, 0.25) is 0 Å². The van der Waals surface area contributed by atoms with E-state index >= 15 is 0 Å². The first-order chi connectivity index (χ1) is 11.3. The SMILES string of the molecule is O=C(COc1ccccc1[N+](=O)[O-])NC(=O)NC1CCS(=O)(=O)C1. The molecule has 0 aromatic heterocycles. The number of benzene rings is 1. The lowest BCUT2D eigenvalue weighted by Gasteiger charge is -2.11. The number of nitro groups is 1. The zero-order chi connectivity index (χ0) is 17.7. The van der Waals surface area contributed by atoms with Gasteiger partial charge in [0.15, 0.2) is 22.2 Å². The number of nitrogens with zero attached hydrogens (tertiary/aromatic N) is 1. The van der Waals surface area contributed by atoms with Crippen LogP contribution >= 0.6 is 0 Å². The second-order valence-corrected chi connectivity index (χ2v) is 7.36. The van der Waals surface area contributed by atoms with Crippen LogP contribution in [0.25, 0.3) is 0 Å². The summed E-state index contributed by atoms with van der Waals surface area (Å²) in [5, 5.41) is 15.2. The Labute approximate surface area is 137 Å². The molecule has 24 heavy (non-hydrogen) atoms. The molecule has 1 aliphatic heterocycles. The van der Waals surface area contributed by atoms with E-state index < -0.39 is 39.3 Å². The number of carbonyl (C=O) groups excluding carboxylic acids is 2. The van der Waals surface area contributed by atoms with Gasteiger partial charge in [-0.3, -0.25) is 20.2 Å². The van der Waals surface area contributed by atoms with Gasteiger partial charge in [-0.15, -0.1) is 0 Å². The van der Waals surface area contributed by atoms with E-state index in [4.69, 9.17) is 4.74 Å². The first-order valence-corrected chi connectivity index (χ1v) is 8.76. The molecule has 0 radical (unpaired) electrons. The van der Waals surface area contributed by atoms with Gasteiger partial charge in [-0.2, -0.15) is 0 Å². The molecule has 1 aromatic carbocycles. The number of ether oxygens (including phenoxy) is 1. The molecule has 2 N–H and O–H groups in total. The maximum Gasteiger partial charge on any atom is 0.321 e. The normalized spacial score (nSPS) is 18.6. The molecule has 1 fully saturated rings. The molecule has 0 aliphatic carbocycles. The van der Waals surface area contributed by atoms with Crippen LogP contribution in [-0.2, 0) is 14.6 Å². The lowest BCUT2D eigenvalue weighted by Crippen LogP contribution is -2.46. The van der Waals surface area contributed by atoms with E-state index in [1.54, 1.807) is 0 Å². The summed E-state index contributed by atoms with van der Waals surface area (Å²) in [6.07, 6.45) is 0.288. The van der Waals surface area contributed by atoms with Crippen LogP contribution in [-0.4, -0.2) is 49.4 Å². The van der Waals surface area contributed by atoms with Crippen molar-refractivity contribution in [3.63, 3.8) is 0 Å². The van der Waals surface area contributed by atoms with Crippen LogP contribution in [0.4, 0.5) is 10.5 Å². The quantitative estimate of drug-likeness (QED) is 0.556. The van der Waals surface area contributed by atoms with Crippen LogP contribution in [0.1, 0.15) is 6.42 Å². The van der Waals surface area contributed by atoms with E-state index in [0.29, 0.717) is 0 Å². The zero-order valence-electron chi connectivity index (χ0n) is 12.4. The molecule has 0 bridgehead atoms. The third-order valence-corrected chi connectivity index (χ3v) is 5.01. The lowest BCUT2D eigenvalue weighted by molar-refractivity contribution is -0.385. The predicted molar refractivity (Wildman–Crippen MR) is 82.3 cm³/mol. The Morgan fingerprint density at radius 1 is 1.33 bits per heavy atom. The summed E-state index contributed by atoms with van der Waals surface area (Å²) in [6.45, 7) is -0.596. The summed E-state index contributed by atoms with van der Waals surface area (Å²) in [6, 6.07) is 4.13. The van der Waals surface area contributed by atoms with Crippen molar-refractivity contribution in [1.29, 1.82) is 0 Å². The Kier molecular flexibility index (Phi) is 5.34. The van der Waals surface area contributed by atoms with Gasteiger partial charge in [0.25, 0.3) is 5.91 Å². The highest BCUT2D eigenvalue weighted by Gasteiger charge is 2.29. The maximum atomic E-state index is 11.6. The molecule has 0 saturated carbocycles. The van der Waals surface area contributed by atoms with Crippen LogP contribution in [0, 0.1) is 10.1 Å². The number of sulfone groups is 1. The van der Waals surface area contributed by atoms with Crippen LogP contribution in [0.2, 0.25) is 0 Å². The van der Waals surface area contributed by atoms with E-state index in [0.717, 1.165) is 0 Å². The molecule has 1 saturated heterocycles. The summed E-state index contributed by atoms with van der Waals surface area (Å²) >= 11 is 0. The van der Waals surface area contributed by atoms with E-state index in [2.05, 4.69) is 5.32 Å². The van der Waals surface area contributed by atoms with Crippen molar-refractivity contribution in [2.75, 3.05) is 18.1 Å². The van der Waals surface area contributed by atoms with Gasteiger partial charge in [0, 0.05) is 12.1 Å². The molecule has 11 heteroatoms. The molecule has 1 aromatic rings. The predicted octanol–water partition coefficient (Wildman–Crippen LogP) is -0.0135. The van der Waals surface area contributed by atoms with Crippen LogP contribution in [0.15, 0.2) is 24.3 Å². The third-order valence-electron chi connectivity index (χ3n) is 3.24. The molecule has 3 amide bonds.